The first kappa shape index (κ1) is 20.9. The number of anilines is 1. The number of nitrogens with one attached hydrogen (secondary N) is 1. The number of nitrogens with zero attached hydrogens (tertiary/aromatic N) is 2. The van der Waals surface area contributed by atoms with Crippen LogP contribution < -0.4 is 10.1 Å². The second-order valence-electron chi connectivity index (χ2n) is 6.80. The third-order valence-electron chi connectivity index (χ3n) is 4.68. The highest BCUT2D eigenvalue weighted by molar-refractivity contribution is 6.33. The molecule has 0 atom stereocenters. The first-order valence-corrected chi connectivity index (χ1v) is 10.2. The van der Waals surface area contributed by atoms with Crippen molar-refractivity contribution in [1.29, 1.82) is 0 Å². The van der Waals surface area contributed by atoms with Crippen LogP contribution in [0.2, 0.25) is 10.0 Å². The monoisotopic (exact) mass is 421 g/mol. The van der Waals surface area contributed by atoms with E-state index in [1.807, 2.05) is 42.5 Å². The Morgan fingerprint density at radius 1 is 0.964 bits per heavy atom. The number of benzene rings is 2. The van der Waals surface area contributed by atoms with Crippen LogP contribution in [0.25, 0.3) is 0 Å². The fourth-order valence-electron chi connectivity index (χ4n) is 3.14. The van der Waals surface area contributed by atoms with Crippen molar-refractivity contribution in [3.63, 3.8) is 0 Å². The predicted molar refractivity (Wildman–Crippen MR) is 115 cm³/mol. The van der Waals surface area contributed by atoms with E-state index in [0.29, 0.717) is 28.9 Å². The van der Waals surface area contributed by atoms with Crippen LogP contribution >= 0.6 is 23.2 Å². The maximum atomic E-state index is 12.2. The van der Waals surface area contributed by atoms with Gasteiger partial charge in [0, 0.05) is 37.7 Å². The average molecular weight is 422 g/mol. The summed E-state index contributed by atoms with van der Waals surface area (Å²) in [5, 5.41) is 4.15. The maximum Gasteiger partial charge on any atom is 0.238 e. The van der Waals surface area contributed by atoms with Gasteiger partial charge in [-0.15, -0.1) is 0 Å². The van der Waals surface area contributed by atoms with Crippen molar-refractivity contribution in [3.8, 4) is 5.75 Å². The number of amides is 1. The van der Waals surface area contributed by atoms with Gasteiger partial charge in [-0.1, -0.05) is 35.3 Å². The van der Waals surface area contributed by atoms with Crippen LogP contribution in [0.15, 0.2) is 48.5 Å². The topological polar surface area (TPSA) is 44.8 Å². The number of carbonyl (C=O) groups excluding carboxylic acids is 1. The highest BCUT2D eigenvalue weighted by Crippen LogP contribution is 2.20. The minimum atomic E-state index is -0.0297. The molecule has 5 nitrogen and oxygen atoms in total. The summed E-state index contributed by atoms with van der Waals surface area (Å²) >= 11 is 12.0. The number of rotatable bonds is 8. The van der Waals surface area contributed by atoms with Crippen LogP contribution in [0, 0.1) is 0 Å². The molecule has 1 aliphatic heterocycles. The lowest BCUT2D eigenvalue weighted by molar-refractivity contribution is -0.117. The van der Waals surface area contributed by atoms with Crippen LogP contribution in [0.3, 0.4) is 0 Å². The molecule has 1 N–H and O–H groups in total. The normalized spacial score (nSPS) is 15.4. The van der Waals surface area contributed by atoms with E-state index in [-0.39, 0.29) is 5.91 Å². The van der Waals surface area contributed by atoms with Crippen molar-refractivity contribution < 1.29 is 9.53 Å². The van der Waals surface area contributed by atoms with Crippen molar-refractivity contribution in [2.24, 2.45) is 0 Å². The molecule has 0 saturated carbocycles. The van der Waals surface area contributed by atoms with Gasteiger partial charge in [0.25, 0.3) is 0 Å². The molecule has 0 aliphatic carbocycles. The highest BCUT2D eigenvalue weighted by Gasteiger charge is 2.19. The molecule has 150 valence electrons. The number of piperazine rings is 1. The molecule has 1 heterocycles. The van der Waals surface area contributed by atoms with Crippen LogP contribution in [-0.2, 0) is 4.79 Å². The number of para-hydroxylation sites is 1. The second kappa shape index (κ2) is 10.7. The van der Waals surface area contributed by atoms with Crippen LogP contribution in [0.5, 0.6) is 5.75 Å². The molecule has 1 fully saturated rings. The zero-order chi connectivity index (χ0) is 19.8. The maximum absolute atomic E-state index is 12.2. The number of ether oxygens (including phenoxy) is 1. The third-order valence-corrected chi connectivity index (χ3v) is 5.26. The summed E-state index contributed by atoms with van der Waals surface area (Å²) in [6, 6.07) is 14.7. The molecule has 28 heavy (non-hydrogen) atoms. The van der Waals surface area contributed by atoms with Gasteiger partial charge in [0.15, 0.2) is 0 Å². The smallest absolute Gasteiger partial charge is 0.238 e. The average Bonchev–Trinajstić information content (AvgIpc) is 2.70. The van der Waals surface area contributed by atoms with Crippen molar-refractivity contribution >= 4 is 34.8 Å². The van der Waals surface area contributed by atoms with Gasteiger partial charge in [-0.2, -0.15) is 0 Å². The van der Waals surface area contributed by atoms with Gasteiger partial charge in [0.1, 0.15) is 5.75 Å². The Kier molecular flexibility index (Phi) is 7.98. The molecule has 0 aromatic heterocycles. The molecular formula is C21H25Cl2N3O2. The van der Waals surface area contributed by atoms with E-state index in [1.165, 1.54) is 0 Å². The van der Waals surface area contributed by atoms with Gasteiger partial charge >= 0.3 is 0 Å². The van der Waals surface area contributed by atoms with Gasteiger partial charge in [-0.25, -0.2) is 0 Å². The summed E-state index contributed by atoms with van der Waals surface area (Å²) in [5.74, 6) is 0.816. The van der Waals surface area contributed by atoms with Crippen molar-refractivity contribution in [1.82, 2.24) is 9.80 Å². The van der Waals surface area contributed by atoms with E-state index in [1.54, 1.807) is 6.07 Å². The summed E-state index contributed by atoms with van der Waals surface area (Å²) in [7, 11) is 0. The molecular weight excluding hydrogens is 397 g/mol. The lowest BCUT2D eigenvalue weighted by Crippen LogP contribution is -2.48. The van der Waals surface area contributed by atoms with Crippen LogP contribution in [0.1, 0.15) is 6.42 Å². The molecule has 0 radical (unpaired) electrons. The Balaban J connectivity index is 1.30. The molecule has 2 aromatic rings. The summed E-state index contributed by atoms with van der Waals surface area (Å²) in [4.78, 5) is 16.8. The first-order valence-electron chi connectivity index (χ1n) is 9.47. The van der Waals surface area contributed by atoms with Crippen molar-refractivity contribution in [2.45, 2.75) is 6.42 Å². The Labute approximate surface area is 176 Å². The number of hydrogen-bond donors (Lipinski definition) is 1. The predicted octanol–water partition coefficient (Wildman–Crippen LogP) is 4.02. The molecule has 1 saturated heterocycles. The second-order valence-corrected chi connectivity index (χ2v) is 7.65. The molecule has 2 aromatic carbocycles. The highest BCUT2D eigenvalue weighted by atomic mass is 35.5. The van der Waals surface area contributed by atoms with Crippen molar-refractivity contribution in [3.05, 3.63) is 58.6 Å². The molecule has 1 amide bonds. The number of carbonyl (C=O) groups is 1. The van der Waals surface area contributed by atoms with Gasteiger partial charge in [0.2, 0.25) is 5.91 Å². The summed E-state index contributed by atoms with van der Waals surface area (Å²) in [6.07, 6.45) is 0.968. The lowest BCUT2D eigenvalue weighted by atomic mass is 10.2. The quantitative estimate of drug-likeness (QED) is 0.653. The lowest BCUT2D eigenvalue weighted by Gasteiger charge is -2.34. The summed E-state index contributed by atoms with van der Waals surface area (Å²) < 4.78 is 5.73. The number of hydrogen-bond acceptors (Lipinski definition) is 4. The van der Waals surface area contributed by atoms with E-state index in [0.717, 1.165) is 44.9 Å². The van der Waals surface area contributed by atoms with E-state index in [2.05, 4.69) is 15.1 Å². The Morgan fingerprint density at radius 2 is 1.64 bits per heavy atom. The fourth-order valence-corrected chi connectivity index (χ4v) is 3.44. The Hall–Kier alpha value is -1.79. The number of halogens is 2. The zero-order valence-corrected chi connectivity index (χ0v) is 17.3. The van der Waals surface area contributed by atoms with Crippen molar-refractivity contribution in [2.75, 3.05) is 51.2 Å². The molecule has 1 aliphatic rings. The standard InChI is InChI=1S/C21H25Cl2N3O2/c22-17-6-8-18(9-7-17)28-15-3-10-25-11-13-26(14-12-25)16-21(27)24-20-5-2-1-4-19(20)23/h1-2,4-9H,3,10-16H2,(H,24,27). The van der Waals surface area contributed by atoms with Crippen LogP contribution in [-0.4, -0.2) is 61.6 Å². The van der Waals surface area contributed by atoms with Gasteiger partial charge in [-0.3, -0.25) is 9.69 Å². The Bertz CT molecular complexity index is 763. The van der Waals surface area contributed by atoms with E-state index >= 15 is 0 Å². The summed E-state index contributed by atoms with van der Waals surface area (Å²) in [6.45, 7) is 5.75. The van der Waals surface area contributed by atoms with E-state index in [4.69, 9.17) is 27.9 Å². The van der Waals surface area contributed by atoms with Crippen LogP contribution in [0.4, 0.5) is 5.69 Å². The van der Waals surface area contributed by atoms with E-state index < -0.39 is 0 Å². The van der Waals surface area contributed by atoms with Gasteiger partial charge in [-0.05, 0) is 42.8 Å². The van der Waals surface area contributed by atoms with E-state index in [9.17, 15) is 4.79 Å². The third kappa shape index (κ3) is 6.67. The fraction of sp³-hybridized carbons (Fsp3) is 0.381. The molecule has 3 rings (SSSR count). The minimum Gasteiger partial charge on any atom is -0.494 e. The zero-order valence-electron chi connectivity index (χ0n) is 15.7. The van der Waals surface area contributed by atoms with Gasteiger partial charge in [0.05, 0.1) is 23.9 Å². The SMILES string of the molecule is O=C(CN1CCN(CCCOc2ccc(Cl)cc2)CC1)Nc1ccccc1Cl. The molecule has 0 bridgehead atoms. The molecule has 0 unspecified atom stereocenters. The minimum absolute atomic E-state index is 0.0297. The molecule has 7 heteroatoms. The largest absolute Gasteiger partial charge is 0.494 e. The summed E-state index contributed by atoms with van der Waals surface area (Å²) in [5.41, 5.74) is 0.661. The van der Waals surface area contributed by atoms with Gasteiger partial charge < -0.3 is 15.0 Å². The Morgan fingerprint density at radius 3 is 2.36 bits per heavy atom. The molecule has 0 spiro atoms. The first-order chi connectivity index (χ1) is 13.6.